The molecule has 0 aliphatic heterocycles. The fourth-order valence-corrected chi connectivity index (χ4v) is 1.94. The Balaban J connectivity index is 2.44. The number of nitrogens with zero attached hydrogens (tertiary/aromatic N) is 3. The van der Waals surface area contributed by atoms with Crippen LogP contribution in [-0.4, -0.2) is 15.0 Å². The molecule has 92 valence electrons. The van der Waals surface area contributed by atoms with E-state index in [1.165, 1.54) is 44.2 Å². The van der Waals surface area contributed by atoms with Crippen molar-refractivity contribution in [2.45, 2.75) is 72.3 Å². The molecular weight excluding hydrogens is 198 g/mol. The third-order valence-electron chi connectivity index (χ3n) is 3.02. The summed E-state index contributed by atoms with van der Waals surface area (Å²) in [7, 11) is 0. The van der Waals surface area contributed by atoms with Crippen molar-refractivity contribution in [3.8, 4) is 0 Å². The lowest BCUT2D eigenvalue weighted by molar-refractivity contribution is 0.508. The Morgan fingerprint density at radius 1 is 1.00 bits per heavy atom. The molecule has 0 fully saturated rings. The van der Waals surface area contributed by atoms with Crippen LogP contribution in [0.1, 0.15) is 63.8 Å². The average molecular weight is 223 g/mol. The second kappa shape index (κ2) is 7.42. The molecule has 0 unspecified atom stereocenters. The zero-order valence-corrected chi connectivity index (χ0v) is 11.0. The smallest absolute Gasteiger partial charge is 0.0828 e. The predicted octanol–water partition coefficient (Wildman–Crippen LogP) is 3.51. The lowest BCUT2D eigenvalue weighted by Crippen LogP contribution is -2.06. The Kier molecular flexibility index (Phi) is 6.12. The van der Waals surface area contributed by atoms with E-state index in [1.54, 1.807) is 0 Å². The molecule has 1 rings (SSSR count). The first-order valence-electron chi connectivity index (χ1n) is 6.68. The molecule has 1 aromatic rings. The van der Waals surface area contributed by atoms with Gasteiger partial charge in [-0.2, -0.15) is 0 Å². The monoisotopic (exact) mass is 223 g/mol. The van der Waals surface area contributed by atoms with Gasteiger partial charge in [-0.25, -0.2) is 4.68 Å². The van der Waals surface area contributed by atoms with Crippen LogP contribution in [0.2, 0.25) is 0 Å². The molecule has 0 atom stereocenters. The van der Waals surface area contributed by atoms with Crippen LogP contribution in [0.15, 0.2) is 0 Å². The second-order valence-electron chi connectivity index (χ2n) is 4.51. The first-order chi connectivity index (χ1) is 7.79. The molecule has 0 bridgehead atoms. The van der Waals surface area contributed by atoms with Gasteiger partial charge < -0.3 is 0 Å². The summed E-state index contributed by atoms with van der Waals surface area (Å²) in [5.41, 5.74) is 2.46. The molecule has 0 aliphatic carbocycles. The van der Waals surface area contributed by atoms with Crippen LogP contribution < -0.4 is 0 Å². The van der Waals surface area contributed by atoms with Gasteiger partial charge in [0.15, 0.2) is 0 Å². The van der Waals surface area contributed by atoms with Gasteiger partial charge in [-0.1, -0.05) is 44.7 Å². The van der Waals surface area contributed by atoms with Crippen molar-refractivity contribution in [3.05, 3.63) is 11.4 Å². The first-order valence-corrected chi connectivity index (χ1v) is 6.68. The third-order valence-corrected chi connectivity index (χ3v) is 3.02. The number of hydrogen-bond donors (Lipinski definition) is 0. The topological polar surface area (TPSA) is 30.7 Å². The summed E-state index contributed by atoms with van der Waals surface area (Å²) in [5.74, 6) is 0. The van der Waals surface area contributed by atoms with E-state index in [2.05, 4.69) is 35.8 Å². The molecule has 1 aromatic heterocycles. The van der Waals surface area contributed by atoms with Crippen LogP contribution in [0.25, 0.3) is 0 Å². The zero-order chi connectivity index (χ0) is 11.8. The van der Waals surface area contributed by atoms with Gasteiger partial charge in [-0.15, -0.1) is 5.10 Å². The summed E-state index contributed by atoms with van der Waals surface area (Å²) in [6, 6.07) is 0. The van der Waals surface area contributed by atoms with E-state index >= 15 is 0 Å². The number of aromatic nitrogens is 3. The summed E-state index contributed by atoms with van der Waals surface area (Å²) in [6.07, 6.45) is 8.77. The van der Waals surface area contributed by atoms with Crippen molar-refractivity contribution in [2.24, 2.45) is 0 Å². The van der Waals surface area contributed by atoms with Gasteiger partial charge in [0.1, 0.15) is 0 Å². The number of hydrogen-bond acceptors (Lipinski definition) is 2. The van der Waals surface area contributed by atoms with Gasteiger partial charge in [-0.05, 0) is 26.2 Å². The lowest BCUT2D eigenvalue weighted by Gasteiger charge is -2.06. The quantitative estimate of drug-likeness (QED) is 0.631. The predicted molar refractivity (Wildman–Crippen MR) is 67.5 cm³/mol. The van der Waals surface area contributed by atoms with Crippen molar-refractivity contribution >= 4 is 0 Å². The normalized spacial score (nSPS) is 10.9. The average Bonchev–Trinajstić information content (AvgIpc) is 2.63. The maximum Gasteiger partial charge on any atom is 0.0828 e. The summed E-state index contributed by atoms with van der Waals surface area (Å²) < 4.78 is 2.11. The Morgan fingerprint density at radius 2 is 1.75 bits per heavy atom. The van der Waals surface area contributed by atoms with Crippen LogP contribution in [0, 0.1) is 6.92 Å². The molecular formula is C13H25N3. The van der Waals surface area contributed by atoms with Crippen molar-refractivity contribution in [3.63, 3.8) is 0 Å². The van der Waals surface area contributed by atoms with E-state index in [0.717, 1.165) is 18.7 Å². The van der Waals surface area contributed by atoms with E-state index in [4.69, 9.17) is 0 Å². The highest BCUT2D eigenvalue weighted by atomic mass is 15.4. The number of aryl methyl sites for hydroxylation is 2. The third kappa shape index (κ3) is 3.95. The molecule has 0 saturated heterocycles. The van der Waals surface area contributed by atoms with Crippen LogP contribution in [0.5, 0.6) is 0 Å². The maximum absolute atomic E-state index is 4.23. The molecule has 3 heteroatoms. The number of rotatable bonds is 8. The molecule has 0 radical (unpaired) electrons. The van der Waals surface area contributed by atoms with E-state index in [0.29, 0.717) is 0 Å². The summed E-state index contributed by atoms with van der Waals surface area (Å²) in [5, 5.41) is 8.41. The second-order valence-corrected chi connectivity index (χ2v) is 4.51. The highest BCUT2D eigenvalue weighted by Gasteiger charge is 2.07. The van der Waals surface area contributed by atoms with Crippen molar-refractivity contribution in [2.75, 3.05) is 0 Å². The molecule has 16 heavy (non-hydrogen) atoms. The molecule has 0 N–H and O–H groups in total. The van der Waals surface area contributed by atoms with E-state index in [9.17, 15) is 0 Å². The Labute approximate surface area is 99.2 Å². The highest BCUT2D eigenvalue weighted by molar-refractivity contribution is 5.07. The molecule has 3 nitrogen and oxygen atoms in total. The Bertz CT molecular complexity index is 291. The van der Waals surface area contributed by atoms with Gasteiger partial charge in [0.25, 0.3) is 0 Å². The largest absolute Gasteiger partial charge is 0.249 e. The fourth-order valence-electron chi connectivity index (χ4n) is 1.94. The molecule has 1 heterocycles. The van der Waals surface area contributed by atoms with Gasteiger partial charge >= 0.3 is 0 Å². The summed E-state index contributed by atoms with van der Waals surface area (Å²) >= 11 is 0. The SMILES string of the molecule is CCCCCCn1nnc(C)c1CCCC. The van der Waals surface area contributed by atoms with Gasteiger partial charge in [0.2, 0.25) is 0 Å². The van der Waals surface area contributed by atoms with E-state index in [-0.39, 0.29) is 0 Å². The van der Waals surface area contributed by atoms with Crippen LogP contribution in [0.4, 0.5) is 0 Å². The Morgan fingerprint density at radius 3 is 2.44 bits per heavy atom. The minimum absolute atomic E-state index is 1.04. The lowest BCUT2D eigenvalue weighted by atomic mass is 10.1. The first kappa shape index (κ1) is 13.2. The van der Waals surface area contributed by atoms with E-state index in [1.807, 2.05) is 0 Å². The highest BCUT2D eigenvalue weighted by Crippen LogP contribution is 2.10. The van der Waals surface area contributed by atoms with Gasteiger partial charge in [0, 0.05) is 6.54 Å². The van der Waals surface area contributed by atoms with Crippen molar-refractivity contribution in [1.82, 2.24) is 15.0 Å². The number of unbranched alkanes of at least 4 members (excludes halogenated alkanes) is 4. The van der Waals surface area contributed by atoms with Crippen molar-refractivity contribution in [1.29, 1.82) is 0 Å². The summed E-state index contributed by atoms with van der Waals surface area (Å²) in [6.45, 7) is 7.58. The maximum atomic E-state index is 4.23. The van der Waals surface area contributed by atoms with E-state index < -0.39 is 0 Å². The minimum atomic E-state index is 1.04. The fraction of sp³-hybridized carbons (Fsp3) is 0.846. The molecule has 0 aromatic carbocycles. The molecule has 0 spiro atoms. The van der Waals surface area contributed by atoms with Gasteiger partial charge in [0.05, 0.1) is 11.4 Å². The molecule has 0 aliphatic rings. The van der Waals surface area contributed by atoms with Gasteiger partial charge in [-0.3, -0.25) is 0 Å². The summed E-state index contributed by atoms with van der Waals surface area (Å²) in [4.78, 5) is 0. The molecule has 0 amide bonds. The molecule has 0 saturated carbocycles. The standard InChI is InChI=1S/C13H25N3/c1-4-6-8-9-11-16-13(10-7-5-2)12(3)14-15-16/h4-11H2,1-3H3. The minimum Gasteiger partial charge on any atom is -0.249 e. The Hall–Kier alpha value is -0.860. The van der Waals surface area contributed by atoms with Crippen LogP contribution >= 0.6 is 0 Å². The van der Waals surface area contributed by atoms with Crippen LogP contribution in [0.3, 0.4) is 0 Å². The van der Waals surface area contributed by atoms with Crippen molar-refractivity contribution < 1.29 is 0 Å². The van der Waals surface area contributed by atoms with Crippen LogP contribution in [-0.2, 0) is 13.0 Å². The zero-order valence-electron chi connectivity index (χ0n) is 11.0.